The van der Waals surface area contributed by atoms with Crippen molar-refractivity contribution in [2.24, 2.45) is 0 Å². The molecule has 146 valence electrons. The van der Waals surface area contributed by atoms with E-state index in [-0.39, 0.29) is 10.6 Å². The van der Waals surface area contributed by atoms with Crippen molar-refractivity contribution in [1.82, 2.24) is 9.38 Å². The summed E-state index contributed by atoms with van der Waals surface area (Å²) in [5.41, 5.74) is 2.91. The van der Waals surface area contributed by atoms with Crippen LogP contribution in [0.25, 0.3) is 16.9 Å². The Morgan fingerprint density at radius 1 is 1.07 bits per heavy atom. The van der Waals surface area contributed by atoms with Gasteiger partial charge < -0.3 is 4.40 Å². The molecule has 0 radical (unpaired) electrons. The Morgan fingerprint density at radius 3 is 2.52 bits per heavy atom. The Morgan fingerprint density at radius 2 is 1.83 bits per heavy atom. The number of aromatic nitrogens is 2. The summed E-state index contributed by atoms with van der Waals surface area (Å²) >= 11 is 0. The molecule has 0 fully saturated rings. The lowest BCUT2D eigenvalue weighted by atomic mass is 10.1. The summed E-state index contributed by atoms with van der Waals surface area (Å²) in [6, 6.07) is 16.3. The van der Waals surface area contributed by atoms with E-state index in [4.69, 9.17) is 0 Å². The molecule has 0 aliphatic rings. The maximum Gasteiger partial charge on any atom is 0.273 e. The summed E-state index contributed by atoms with van der Waals surface area (Å²) in [7, 11) is -3.96. The minimum atomic E-state index is -3.96. The third-order valence-corrected chi connectivity index (χ3v) is 5.86. The zero-order chi connectivity index (χ0) is 20.6. The smallest absolute Gasteiger partial charge is 0.273 e. The summed E-state index contributed by atoms with van der Waals surface area (Å²) in [4.78, 5) is 14.8. The number of sulfonamides is 1. The van der Waals surface area contributed by atoms with Gasteiger partial charge in [-0.2, -0.15) is 0 Å². The van der Waals surface area contributed by atoms with Crippen molar-refractivity contribution in [3.63, 3.8) is 0 Å². The zero-order valence-corrected chi connectivity index (χ0v) is 16.1. The van der Waals surface area contributed by atoms with E-state index >= 15 is 0 Å². The molecule has 0 saturated carbocycles. The number of rotatable bonds is 5. The molecule has 0 spiro atoms. The van der Waals surface area contributed by atoms with Gasteiger partial charge in [0.05, 0.1) is 15.5 Å². The van der Waals surface area contributed by atoms with Crippen molar-refractivity contribution < 1.29 is 13.3 Å². The topological polar surface area (TPSA) is 107 Å². The normalized spacial score (nSPS) is 11.5. The molecular formula is C20H16N4O4S. The average Bonchev–Trinajstić information content (AvgIpc) is 3.12. The minimum Gasteiger partial charge on any atom is -0.306 e. The van der Waals surface area contributed by atoms with Crippen LogP contribution in [0.4, 0.5) is 11.4 Å². The highest BCUT2D eigenvalue weighted by molar-refractivity contribution is 7.92. The lowest BCUT2D eigenvalue weighted by Gasteiger charge is -2.09. The van der Waals surface area contributed by atoms with Gasteiger partial charge in [0, 0.05) is 35.3 Å². The van der Waals surface area contributed by atoms with Gasteiger partial charge in [-0.05, 0) is 37.3 Å². The fraction of sp³-hybridized carbons (Fsp3) is 0.0500. The van der Waals surface area contributed by atoms with Crippen LogP contribution in [0.3, 0.4) is 0 Å². The first-order valence-corrected chi connectivity index (χ1v) is 10.1. The molecule has 0 aliphatic carbocycles. The molecule has 1 N–H and O–H groups in total. The summed E-state index contributed by atoms with van der Waals surface area (Å²) in [6.07, 6.45) is 3.79. The first kappa shape index (κ1) is 18.6. The van der Waals surface area contributed by atoms with Crippen LogP contribution in [0.5, 0.6) is 0 Å². The van der Waals surface area contributed by atoms with Gasteiger partial charge in [-0.3, -0.25) is 14.8 Å². The van der Waals surface area contributed by atoms with Gasteiger partial charge in [-0.15, -0.1) is 0 Å². The Bertz CT molecular complexity index is 1300. The number of nitro groups is 1. The van der Waals surface area contributed by atoms with Crippen molar-refractivity contribution in [3.05, 3.63) is 88.7 Å². The van der Waals surface area contributed by atoms with E-state index in [1.54, 1.807) is 31.2 Å². The molecule has 4 aromatic rings. The number of anilines is 1. The summed E-state index contributed by atoms with van der Waals surface area (Å²) < 4.78 is 29.6. The van der Waals surface area contributed by atoms with E-state index < -0.39 is 14.9 Å². The number of nitrogens with one attached hydrogen (secondary N) is 1. The average molecular weight is 408 g/mol. The van der Waals surface area contributed by atoms with Crippen LogP contribution in [0, 0.1) is 17.0 Å². The van der Waals surface area contributed by atoms with E-state index in [9.17, 15) is 18.5 Å². The Kier molecular flexibility index (Phi) is 4.51. The SMILES string of the molecule is Cc1ccc(S(=O)(=O)Nc2ccc(-c3cn4ccccc4n3)cc2)cc1[N+](=O)[O-]. The van der Waals surface area contributed by atoms with Crippen LogP contribution < -0.4 is 4.72 Å². The molecule has 0 bridgehead atoms. The van der Waals surface area contributed by atoms with Gasteiger partial charge in [0.2, 0.25) is 0 Å². The molecule has 9 heteroatoms. The van der Waals surface area contributed by atoms with E-state index in [1.807, 2.05) is 35.0 Å². The van der Waals surface area contributed by atoms with Crippen LogP contribution >= 0.6 is 0 Å². The molecule has 0 saturated heterocycles. The molecule has 0 atom stereocenters. The quantitative estimate of drug-likeness (QED) is 0.396. The van der Waals surface area contributed by atoms with Crippen LogP contribution in [0.2, 0.25) is 0 Å². The van der Waals surface area contributed by atoms with Crippen LogP contribution in [0.15, 0.2) is 78.0 Å². The standard InChI is InChI=1S/C20H16N4O4S/c1-14-5-10-17(12-19(14)24(25)26)29(27,28)22-16-8-6-15(7-9-16)18-13-23-11-3-2-4-20(23)21-18/h2-13,22H,1H3. The molecule has 0 amide bonds. The van der Waals surface area contributed by atoms with E-state index in [2.05, 4.69) is 9.71 Å². The second kappa shape index (κ2) is 7.02. The number of nitro benzene ring substituents is 1. The van der Waals surface area contributed by atoms with Crippen LogP contribution in [0.1, 0.15) is 5.56 Å². The molecule has 8 nitrogen and oxygen atoms in total. The van der Waals surface area contributed by atoms with Gasteiger partial charge in [-0.1, -0.05) is 24.3 Å². The van der Waals surface area contributed by atoms with E-state index in [0.29, 0.717) is 11.3 Å². The number of benzene rings is 2. The number of nitrogens with zero attached hydrogens (tertiary/aromatic N) is 3. The highest BCUT2D eigenvalue weighted by atomic mass is 32.2. The van der Waals surface area contributed by atoms with Gasteiger partial charge >= 0.3 is 0 Å². The fourth-order valence-corrected chi connectivity index (χ4v) is 4.03. The lowest BCUT2D eigenvalue weighted by molar-refractivity contribution is -0.385. The highest BCUT2D eigenvalue weighted by Gasteiger charge is 2.20. The largest absolute Gasteiger partial charge is 0.306 e. The zero-order valence-electron chi connectivity index (χ0n) is 15.3. The first-order chi connectivity index (χ1) is 13.8. The molecule has 2 heterocycles. The van der Waals surface area contributed by atoms with Crippen LogP contribution in [-0.4, -0.2) is 22.7 Å². The predicted molar refractivity (Wildman–Crippen MR) is 109 cm³/mol. The molecule has 29 heavy (non-hydrogen) atoms. The van der Waals surface area contributed by atoms with Crippen molar-refractivity contribution in [3.8, 4) is 11.3 Å². The van der Waals surface area contributed by atoms with Gasteiger partial charge in [0.25, 0.3) is 15.7 Å². The predicted octanol–water partition coefficient (Wildman–Crippen LogP) is 4.02. The van der Waals surface area contributed by atoms with Crippen molar-refractivity contribution in [1.29, 1.82) is 0 Å². The molecule has 0 unspecified atom stereocenters. The Hall–Kier alpha value is -3.72. The lowest BCUT2D eigenvalue weighted by Crippen LogP contribution is -2.13. The van der Waals surface area contributed by atoms with Gasteiger partial charge in [0.15, 0.2) is 0 Å². The maximum atomic E-state index is 12.6. The Labute approximate surface area is 166 Å². The number of imidazole rings is 1. The second-order valence-electron chi connectivity index (χ2n) is 6.48. The molecule has 2 aromatic heterocycles. The molecule has 0 aliphatic heterocycles. The minimum absolute atomic E-state index is 0.167. The van der Waals surface area contributed by atoms with Crippen molar-refractivity contribution in [2.45, 2.75) is 11.8 Å². The monoisotopic (exact) mass is 408 g/mol. The van der Waals surface area contributed by atoms with Crippen molar-refractivity contribution in [2.75, 3.05) is 4.72 Å². The summed E-state index contributed by atoms with van der Waals surface area (Å²) in [6.45, 7) is 1.56. The molecular weight excluding hydrogens is 392 g/mol. The maximum absolute atomic E-state index is 12.6. The first-order valence-electron chi connectivity index (χ1n) is 8.65. The highest BCUT2D eigenvalue weighted by Crippen LogP contribution is 2.25. The number of hydrogen-bond donors (Lipinski definition) is 1. The van der Waals surface area contributed by atoms with Crippen molar-refractivity contribution >= 4 is 27.0 Å². The second-order valence-corrected chi connectivity index (χ2v) is 8.16. The third kappa shape index (κ3) is 3.67. The van der Waals surface area contributed by atoms with Crippen LogP contribution in [-0.2, 0) is 10.0 Å². The summed E-state index contributed by atoms with van der Waals surface area (Å²) in [5, 5.41) is 11.1. The number of hydrogen-bond acceptors (Lipinski definition) is 5. The third-order valence-electron chi connectivity index (χ3n) is 4.48. The fourth-order valence-electron chi connectivity index (χ4n) is 2.95. The van der Waals surface area contributed by atoms with E-state index in [1.165, 1.54) is 12.1 Å². The van der Waals surface area contributed by atoms with Gasteiger partial charge in [0.1, 0.15) is 5.65 Å². The molecule has 2 aromatic carbocycles. The summed E-state index contributed by atoms with van der Waals surface area (Å²) in [5.74, 6) is 0. The van der Waals surface area contributed by atoms with E-state index in [0.717, 1.165) is 23.0 Å². The number of fused-ring (bicyclic) bond motifs is 1. The van der Waals surface area contributed by atoms with Gasteiger partial charge in [-0.25, -0.2) is 13.4 Å². The Balaban J connectivity index is 1.59. The number of aryl methyl sites for hydroxylation is 1. The molecule has 4 rings (SSSR count). The number of pyridine rings is 1.